The summed E-state index contributed by atoms with van der Waals surface area (Å²) in [7, 11) is 0.176. The molecule has 0 saturated carbocycles. The van der Waals surface area contributed by atoms with Crippen LogP contribution in [0.15, 0.2) is 41.9 Å². The van der Waals surface area contributed by atoms with E-state index in [1.807, 2.05) is 24.3 Å². The zero-order chi connectivity index (χ0) is 19.4. The van der Waals surface area contributed by atoms with Crippen LogP contribution in [0.4, 0.5) is 0 Å². The first-order chi connectivity index (χ1) is 12.4. The van der Waals surface area contributed by atoms with E-state index in [4.69, 9.17) is 4.74 Å². The van der Waals surface area contributed by atoms with Crippen LogP contribution in [0.2, 0.25) is 0 Å². The Hall–Kier alpha value is -2.06. The van der Waals surface area contributed by atoms with Crippen molar-refractivity contribution < 1.29 is 13.2 Å². The fraction of sp³-hybridized carbons (Fsp3) is 0.500. The number of nitrogens with one attached hydrogen (secondary N) is 2. The van der Waals surface area contributed by atoms with E-state index in [1.54, 1.807) is 27.1 Å². The van der Waals surface area contributed by atoms with Gasteiger partial charge in [0, 0.05) is 39.3 Å². The van der Waals surface area contributed by atoms with Gasteiger partial charge >= 0.3 is 0 Å². The second kappa shape index (κ2) is 11.5. The summed E-state index contributed by atoms with van der Waals surface area (Å²) in [5.41, 5.74) is 1.02. The molecule has 0 saturated heterocycles. The van der Waals surface area contributed by atoms with Crippen LogP contribution in [0.25, 0.3) is 0 Å². The average Bonchev–Trinajstić information content (AvgIpc) is 2.66. The monoisotopic (exact) mass is 382 g/mol. The lowest BCUT2D eigenvalue weighted by Gasteiger charge is -2.17. The highest BCUT2D eigenvalue weighted by Crippen LogP contribution is 2.17. The van der Waals surface area contributed by atoms with Gasteiger partial charge in [0.25, 0.3) is 0 Å². The smallest absolute Gasteiger partial charge is 0.213 e. The fourth-order valence-electron chi connectivity index (χ4n) is 2.21. The third-order valence-electron chi connectivity index (χ3n) is 3.78. The Bertz CT molecular complexity index is 689. The first kappa shape index (κ1) is 22.0. The third-order valence-corrected chi connectivity index (χ3v) is 5.64. The summed E-state index contributed by atoms with van der Waals surface area (Å²) in [5, 5.41) is 6.42. The zero-order valence-corrected chi connectivity index (χ0v) is 16.7. The van der Waals surface area contributed by atoms with Gasteiger partial charge in [0.15, 0.2) is 5.96 Å². The second-order valence-electron chi connectivity index (χ2n) is 5.64. The molecule has 1 aromatic rings. The van der Waals surface area contributed by atoms with E-state index in [2.05, 4.69) is 22.2 Å². The van der Waals surface area contributed by atoms with Crippen molar-refractivity contribution in [2.75, 3.05) is 39.5 Å². The number of rotatable bonds is 11. The molecule has 26 heavy (non-hydrogen) atoms. The van der Waals surface area contributed by atoms with Crippen molar-refractivity contribution in [1.29, 1.82) is 0 Å². The number of aliphatic imine (C=N–C) groups is 1. The van der Waals surface area contributed by atoms with Crippen molar-refractivity contribution in [3.63, 3.8) is 0 Å². The molecule has 0 radical (unpaired) electrons. The molecule has 0 atom stereocenters. The standard InChI is InChI=1S/C18H30N4O3S/c1-5-14-25-17-11-8-7-10-16(17)15-21-18(19-3)20-12-9-13-22(4)26(23,24)6-2/h5,7-8,10-11H,1,6,9,12-15H2,2-4H3,(H2,19,20,21). The van der Waals surface area contributed by atoms with E-state index in [9.17, 15) is 8.42 Å². The molecule has 0 aliphatic heterocycles. The predicted molar refractivity (Wildman–Crippen MR) is 107 cm³/mol. The molecular formula is C18H30N4O3S. The summed E-state index contributed by atoms with van der Waals surface area (Å²) in [6, 6.07) is 7.79. The van der Waals surface area contributed by atoms with Gasteiger partial charge in [-0.05, 0) is 19.4 Å². The maximum absolute atomic E-state index is 11.7. The highest BCUT2D eigenvalue weighted by Gasteiger charge is 2.14. The Morgan fingerprint density at radius 2 is 2.08 bits per heavy atom. The molecule has 2 N–H and O–H groups in total. The Balaban J connectivity index is 2.44. The first-order valence-corrected chi connectivity index (χ1v) is 10.3. The molecule has 0 aliphatic carbocycles. The van der Waals surface area contributed by atoms with Crippen LogP contribution < -0.4 is 15.4 Å². The summed E-state index contributed by atoms with van der Waals surface area (Å²) in [6.45, 7) is 7.42. The van der Waals surface area contributed by atoms with Crippen molar-refractivity contribution in [1.82, 2.24) is 14.9 Å². The Labute approximate surface area is 157 Å². The number of benzene rings is 1. The summed E-state index contributed by atoms with van der Waals surface area (Å²) in [5.74, 6) is 1.58. The minimum atomic E-state index is -3.12. The molecular weight excluding hydrogens is 352 g/mol. The van der Waals surface area contributed by atoms with Crippen molar-refractivity contribution >= 4 is 16.0 Å². The molecule has 0 aromatic heterocycles. The van der Waals surface area contributed by atoms with Gasteiger partial charge in [-0.1, -0.05) is 30.9 Å². The quantitative estimate of drug-likeness (QED) is 0.263. The van der Waals surface area contributed by atoms with Crippen LogP contribution in [0.5, 0.6) is 5.75 Å². The predicted octanol–water partition coefficient (Wildman–Crippen LogP) is 1.59. The van der Waals surface area contributed by atoms with Gasteiger partial charge in [-0.25, -0.2) is 12.7 Å². The highest BCUT2D eigenvalue weighted by molar-refractivity contribution is 7.89. The van der Waals surface area contributed by atoms with E-state index in [0.717, 1.165) is 11.3 Å². The van der Waals surface area contributed by atoms with Crippen molar-refractivity contribution in [3.05, 3.63) is 42.5 Å². The van der Waals surface area contributed by atoms with Crippen LogP contribution in [0.3, 0.4) is 0 Å². The minimum absolute atomic E-state index is 0.119. The topological polar surface area (TPSA) is 83.0 Å². The lowest BCUT2D eigenvalue weighted by Crippen LogP contribution is -2.38. The number of nitrogens with zero attached hydrogens (tertiary/aromatic N) is 2. The molecule has 0 fully saturated rings. The van der Waals surface area contributed by atoms with Crippen LogP contribution in [-0.4, -0.2) is 58.2 Å². The summed E-state index contributed by atoms with van der Waals surface area (Å²) < 4.78 is 30.4. The highest BCUT2D eigenvalue weighted by atomic mass is 32.2. The summed E-state index contributed by atoms with van der Waals surface area (Å²) in [6.07, 6.45) is 2.40. The SMILES string of the molecule is C=CCOc1ccccc1CNC(=NC)NCCCN(C)S(=O)(=O)CC. The number of ether oxygens (including phenoxy) is 1. The normalized spacial score (nSPS) is 12.1. The summed E-state index contributed by atoms with van der Waals surface area (Å²) >= 11 is 0. The molecule has 0 spiro atoms. The van der Waals surface area contributed by atoms with E-state index in [-0.39, 0.29) is 5.75 Å². The van der Waals surface area contributed by atoms with Gasteiger partial charge in [-0.15, -0.1) is 0 Å². The van der Waals surface area contributed by atoms with Crippen LogP contribution in [0, 0.1) is 0 Å². The van der Waals surface area contributed by atoms with Gasteiger partial charge in [0.2, 0.25) is 10.0 Å². The molecule has 0 aliphatic rings. The molecule has 7 nitrogen and oxygen atoms in total. The molecule has 8 heteroatoms. The molecule has 1 aromatic carbocycles. The van der Waals surface area contributed by atoms with Gasteiger partial charge in [0.1, 0.15) is 12.4 Å². The number of guanidine groups is 1. The second-order valence-corrected chi connectivity index (χ2v) is 8.00. The molecule has 0 bridgehead atoms. The van der Waals surface area contributed by atoms with Crippen LogP contribution >= 0.6 is 0 Å². The largest absolute Gasteiger partial charge is 0.489 e. The Kier molecular flexibility index (Phi) is 9.75. The first-order valence-electron chi connectivity index (χ1n) is 8.64. The van der Waals surface area contributed by atoms with E-state index < -0.39 is 10.0 Å². The van der Waals surface area contributed by atoms with Crippen LogP contribution in [-0.2, 0) is 16.6 Å². The zero-order valence-electron chi connectivity index (χ0n) is 15.9. The Morgan fingerprint density at radius 3 is 2.73 bits per heavy atom. The van der Waals surface area contributed by atoms with Gasteiger partial charge in [-0.2, -0.15) is 0 Å². The van der Waals surface area contributed by atoms with Gasteiger partial charge in [-0.3, -0.25) is 4.99 Å². The number of hydrogen-bond donors (Lipinski definition) is 2. The van der Waals surface area contributed by atoms with Crippen LogP contribution in [0.1, 0.15) is 18.9 Å². The third kappa shape index (κ3) is 7.45. The van der Waals surface area contributed by atoms with Crippen molar-refractivity contribution in [3.8, 4) is 5.75 Å². The van der Waals surface area contributed by atoms with Gasteiger partial charge in [0.05, 0.1) is 5.75 Å². The van der Waals surface area contributed by atoms with Gasteiger partial charge < -0.3 is 15.4 Å². The molecule has 0 amide bonds. The number of sulfonamides is 1. The molecule has 0 unspecified atom stereocenters. The number of para-hydroxylation sites is 1. The van der Waals surface area contributed by atoms with E-state index in [1.165, 1.54) is 4.31 Å². The lowest BCUT2D eigenvalue weighted by molar-refractivity contribution is 0.358. The molecule has 146 valence electrons. The summed E-state index contributed by atoms with van der Waals surface area (Å²) in [4.78, 5) is 4.18. The number of hydrogen-bond acceptors (Lipinski definition) is 4. The van der Waals surface area contributed by atoms with E-state index >= 15 is 0 Å². The maximum atomic E-state index is 11.7. The fourth-order valence-corrected chi connectivity index (χ4v) is 3.05. The lowest BCUT2D eigenvalue weighted by atomic mass is 10.2. The van der Waals surface area contributed by atoms with Crippen molar-refractivity contribution in [2.45, 2.75) is 19.9 Å². The minimum Gasteiger partial charge on any atom is -0.489 e. The Morgan fingerprint density at radius 1 is 1.35 bits per heavy atom. The van der Waals surface area contributed by atoms with E-state index in [0.29, 0.717) is 38.6 Å². The molecule has 1 rings (SSSR count). The maximum Gasteiger partial charge on any atom is 0.213 e. The van der Waals surface area contributed by atoms with Crippen molar-refractivity contribution in [2.24, 2.45) is 4.99 Å². The average molecular weight is 383 g/mol. The molecule has 0 heterocycles.